The van der Waals surface area contributed by atoms with E-state index in [9.17, 15) is 9.59 Å². The van der Waals surface area contributed by atoms with Gasteiger partial charge in [0.15, 0.2) is 11.6 Å². The average molecular weight is 184 g/mol. The molecule has 0 heterocycles. The Hall–Kier alpha value is -1.26. The molecule has 13 heavy (non-hydrogen) atoms. The second-order valence-corrected chi connectivity index (χ2v) is 2.44. The number of allylic oxidation sites excluding steroid dienone is 2. The van der Waals surface area contributed by atoms with Gasteiger partial charge in [0.2, 0.25) is 0 Å². The van der Waals surface area contributed by atoms with E-state index in [1.807, 2.05) is 0 Å². The van der Waals surface area contributed by atoms with E-state index in [1.54, 1.807) is 0 Å². The first-order valence-corrected chi connectivity index (χ1v) is 3.70. The zero-order valence-corrected chi connectivity index (χ0v) is 7.14. The number of hydrogen-bond acceptors (Lipinski definition) is 4. The molecule has 0 amide bonds. The lowest BCUT2D eigenvalue weighted by Gasteiger charge is -2.15. The highest BCUT2D eigenvalue weighted by Crippen LogP contribution is 2.08. The van der Waals surface area contributed by atoms with Crippen molar-refractivity contribution in [2.75, 3.05) is 6.61 Å². The van der Waals surface area contributed by atoms with E-state index in [-0.39, 0.29) is 0 Å². The Morgan fingerprint density at radius 2 is 1.62 bits per heavy atom. The molecule has 0 radical (unpaired) electrons. The first-order valence-electron chi connectivity index (χ1n) is 3.70. The summed E-state index contributed by atoms with van der Waals surface area (Å²) >= 11 is 0. The third kappa shape index (κ3) is 2.93. The summed E-state index contributed by atoms with van der Waals surface area (Å²) in [4.78, 5) is 22.1. The molecular formula is C9H12O4. The van der Waals surface area contributed by atoms with Crippen LogP contribution in [0.15, 0.2) is 25.3 Å². The van der Waals surface area contributed by atoms with E-state index < -0.39 is 30.2 Å². The highest BCUT2D eigenvalue weighted by atomic mass is 16.3. The lowest BCUT2D eigenvalue weighted by atomic mass is 9.93. The van der Waals surface area contributed by atoms with Crippen molar-refractivity contribution >= 4 is 11.6 Å². The van der Waals surface area contributed by atoms with E-state index in [1.165, 1.54) is 0 Å². The second-order valence-electron chi connectivity index (χ2n) is 2.44. The Morgan fingerprint density at radius 3 is 1.85 bits per heavy atom. The van der Waals surface area contributed by atoms with E-state index in [2.05, 4.69) is 13.2 Å². The van der Waals surface area contributed by atoms with Gasteiger partial charge in [0.05, 0.1) is 12.7 Å². The third-order valence-electron chi connectivity index (χ3n) is 1.59. The zero-order chi connectivity index (χ0) is 10.4. The molecule has 0 saturated carbocycles. The van der Waals surface area contributed by atoms with Crippen molar-refractivity contribution in [1.82, 2.24) is 0 Å². The van der Waals surface area contributed by atoms with E-state index in [0.717, 1.165) is 12.2 Å². The maximum Gasteiger partial charge on any atom is 0.168 e. The molecule has 72 valence electrons. The van der Waals surface area contributed by atoms with Gasteiger partial charge in [-0.05, 0) is 12.2 Å². The number of carbonyl (C=O) groups is 2. The van der Waals surface area contributed by atoms with Gasteiger partial charge in [0, 0.05) is 0 Å². The van der Waals surface area contributed by atoms with Crippen LogP contribution in [0.2, 0.25) is 0 Å². The predicted molar refractivity (Wildman–Crippen MR) is 47.0 cm³/mol. The van der Waals surface area contributed by atoms with E-state index in [0.29, 0.717) is 0 Å². The van der Waals surface area contributed by atoms with Crippen LogP contribution < -0.4 is 0 Å². The van der Waals surface area contributed by atoms with Gasteiger partial charge in [0.1, 0.15) is 5.92 Å². The first kappa shape index (κ1) is 11.7. The average Bonchev–Trinajstić information content (AvgIpc) is 2.16. The van der Waals surface area contributed by atoms with Gasteiger partial charge in [-0.15, -0.1) is 0 Å². The quantitative estimate of drug-likeness (QED) is 0.429. The van der Waals surface area contributed by atoms with Gasteiger partial charge < -0.3 is 10.2 Å². The van der Waals surface area contributed by atoms with Gasteiger partial charge >= 0.3 is 0 Å². The van der Waals surface area contributed by atoms with Crippen molar-refractivity contribution in [3.63, 3.8) is 0 Å². The lowest BCUT2D eigenvalue weighted by molar-refractivity contribution is -0.133. The molecule has 0 saturated heterocycles. The molecule has 0 bridgehead atoms. The molecule has 1 atom stereocenters. The fourth-order valence-corrected chi connectivity index (χ4v) is 0.879. The van der Waals surface area contributed by atoms with E-state index >= 15 is 0 Å². The largest absolute Gasteiger partial charge is 0.394 e. The van der Waals surface area contributed by atoms with Crippen LogP contribution >= 0.6 is 0 Å². The molecule has 4 nitrogen and oxygen atoms in total. The van der Waals surface area contributed by atoms with Crippen LogP contribution in [0.3, 0.4) is 0 Å². The Morgan fingerprint density at radius 1 is 1.23 bits per heavy atom. The molecule has 0 aromatic heterocycles. The van der Waals surface area contributed by atoms with Gasteiger partial charge in [-0.1, -0.05) is 13.2 Å². The number of aliphatic hydroxyl groups is 2. The minimum absolute atomic E-state index is 0.619. The molecule has 0 fully saturated rings. The zero-order valence-electron chi connectivity index (χ0n) is 7.14. The Kier molecular flexibility index (Phi) is 4.87. The molecule has 0 aliphatic heterocycles. The summed E-state index contributed by atoms with van der Waals surface area (Å²) in [7, 11) is 0. The predicted octanol–water partition coefficient (Wildman–Crippen LogP) is -0.534. The monoisotopic (exact) mass is 184 g/mol. The summed E-state index contributed by atoms with van der Waals surface area (Å²) in [6.07, 6.45) is 0.478. The highest BCUT2D eigenvalue weighted by molar-refractivity contribution is 6.11. The number of aliphatic hydroxyl groups excluding tert-OH is 2. The fraction of sp³-hybridized carbons (Fsp3) is 0.333. The van der Waals surface area contributed by atoms with Crippen LogP contribution in [-0.4, -0.2) is 34.5 Å². The third-order valence-corrected chi connectivity index (χ3v) is 1.59. The summed E-state index contributed by atoms with van der Waals surface area (Å²) < 4.78 is 0. The molecule has 4 heteroatoms. The topological polar surface area (TPSA) is 74.6 Å². The minimum atomic E-state index is -1.39. The van der Waals surface area contributed by atoms with Crippen LogP contribution in [0.5, 0.6) is 0 Å². The summed E-state index contributed by atoms with van der Waals surface area (Å²) in [5, 5.41) is 17.7. The number of hydrogen-bond donors (Lipinski definition) is 2. The van der Waals surface area contributed by atoms with Gasteiger partial charge in [0.25, 0.3) is 0 Å². The first-order chi connectivity index (χ1) is 6.08. The minimum Gasteiger partial charge on any atom is -0.394 e. The summed E-state index contributed by atoms with van der Waals surface area (Å²) in [5.41, 5.74) is 0. The van der Waals surface area contributed by atoms with Crippen LogP contribution in [-0.2, 0) is 9.59 Å². The summed E-state index contributed by atoms with van der Waals surface area (Å²) in [6, 6.07) is 0. The molecule has 0 aromatic rings. The number of ketones is 2. The second kappa shape index (κ2) is 5.40. The standard InChI is InChI=1S/C9H12O4/c1-3-6(11)9(7(12)4-2)8(13)5-10/h3-4,8-10,13H,1-2,5H2. The normalized spacial score (nSPS) is 12.2. The van der Waals surface area contributed by atoms with Gasteiger partial charge in [-0.3, -0.25) is 9.59 Å². The van der Waals surface area contributed by atoms with E-state index in [4.69, 9.17) is 10.2 Å². The summed E-state index contributed by atoms with van der Waals surface area (Å²) in [6.45, 7) is 5.72. The Balaban J connectivity index is 4.73. The molecule has 0 spiro atoms. The molecule has 1 unspecified atom stereocenters. The van der Waals surface area contributed by atoms with Crippen molar-refractivity contribution in [2.45, 2.75) is 6.10 Å². The van der Waals surface area contributed by atoms with Crippen molar-refractivity contribution < 1.29 is 19.8 Å². The van der Waals surface area contributed by atoms with Crippen molar-refractivity contribution in [3.05, 3.63) is 25.3 Å². The maximum atomic E-state index is 11.1. The van der Waals surface area contributed by atoms with Crippen LogP contribution in [0.4, 0.5) is 0 Å². The van der Waals surface area contributed by atoms with Crippen molar-refractivity contribution in [1.29, 1.82) is 0 Å². The molecule has 2 N–H and O–H groups in total. The molecule has 0 aliphatic rings. The van der Waals surface area contributed by atoms with Gasteiger partial charge in [-0.2, -0.15) is 0 Å². The Bertz CT molecular complexity index is 212. The molecular weight excluding hydrogens is 172 g/mol. The van der Waals surface area contributed by atoms with Crippen LogP contribution in [0, 0.1) is 5.92 Å². The van der Waals surface area contributed by atoms with Crippen molar-refractivity contribution in [2.24, 2.45) is 5.92 Å². The number of rotatable bonds is 6. The van der Waals surface area contributed by atoms with Gasteiger partial charge in [-0.25, -0.2) is 0 Å². The Labute approximate surface area is 76.2 Å². The summed E-state index contributed by atoms with van der Waals surface area (Å²) in [5.74, 6) is -2.52. The van der Waals surface area contributed by atoms with Crippen LogP contribution in [0.25, 0.3) is 0 Å². The molecule has 0 aliphatic carbocycles. The fourth-order valence-electron chi connectivity index (χ4n) is 0.879. The molecule has 0 aromatic carbocycles. The maximum absolute atomic E-state index is 11.1. The number of carbonyl (C=O) groups excluding carboxylic acids is 2. The smallest absolute Gasteiger partial charge is 0.168 e. The highest BCUT2D eigenvalue weighted by Gasteiger charge is 2.29. The SMILES string of the molecule is C=CC(=O)C(C(=O)C=C)C(O)CO. The van der Waals surface area contributed by atoms with Crippen LogP contribution in [0.1, 0.15) is 0 Å². The lowest BCUT2D eigenvalue weighted by Crippen LogP contribution is -2.35. The molecule has 0 rings (SSSR count). The van der Waals surface area contributed by atoms with Crippen molar-refractivity contribution in [3.8, 4) is 0 Å².